The zero-order chi connectivity index (χ0) is 17.7. The van der Waals surface area contributed by atoms with Gasteiger partial charge in [-0.1, -0.05) is 17.7 Å². The van der Waals surface area contributed by atoms with E-state index >= 15 is 0 Å². The van der Waals surface area contributed by atoms with E-state index in [0.717, 1.165) is 24.8 Å². The molecule has 0 spiro atoms. The van der Waals surface area contributed by atoms with Crippen molar-refractivity contribution in [2.45, 2.75) is 32.6 Å². The molecular formula is C19H21ClN2O3. The number of fused-ring (bicyclic) bond motifs is 5. The lowest BCUT2D eigenvalue weighted by Crippen LogP contribution is -2.35. The molecule has 1 heterocycles. The Morgan fingerprint density at radius 2 is 1.84 bits per heavy atom. The predicted molar refractivity (Wildman–Crippen MR) is 94.0 cm³/mol. The molecule has 1 aromatic rings. The molecule has 3 aliphatic rings. The average molecular weight is 361 g/mol. The van der Waals surface area contributed by atoms with E-state index in [0.29, 0.717) is 22.5 Å². The maximum absolute atomic E-state index is 12.6. The molecule has 1 aliphatic heterocycles. The second kappa shape index (κ2) is 6.13. The highest BCUT2D eigenvalue weighted by atomic mass is 35.5. The molecule has 2 aliphatic carbocycles. The van der Waals surface area contributed by atoms with Gasteiger partial charge < -0.3 is 5.32 Å². The van der Waals surface area contributed by atoms with E-state index in [-0.39, 0.29) is 42.5 Å². The molecule has 1 saturated heterocycles. The van der Waals surface area contributed by atoms with E-state index in [1.54, 1.807) is 12.1 Å². The monoisotopic (exact) mass is 360 g/mol. The molecule has 25 heavy (non-hydrogen) atoms. The molecule has 1 N–H and O–H groups in total. The molecule has 3 fully saturated rings. The molecule has 6 heteroatoms. The van der Waals surface area contributed by atoms with E-state index in [1.165, 1.54) is 4.90 Å². The molecule has 0 aromatic heterocycles. The molecule has 4 rings (SSSR count). The lowest BCUT2D eigenvalue weighted by atomic mass is 9.81. The maximum Gasteiger partial charge on any atom is 0.233 e. The van der Waals surface area contributed by atoms with E-state index in [1.807, 2.05) is 13.0 Å². The highest BCUT2D eigenvalue weighted by Gasteiger charge is 2.60. The largest absolute Gasteiger partial charge is 0.326 e. The molecule has 3 amide bonds. The topological polar surface area (TPSA) is 66.5 Å². The summed E-state index contributed by atoms with van der Waals surface area (Å²) in [4.78, 5) is 38.7. The van der Waals surface area contributed by atoms with Crippen LogP contribution in [-0.4, -0.2) is 29.2 Å². The molecule has 5 nitrogen and oxygen atoms in total. The molecule has 4 atom stereocenters. The van der Waals surface area contributed by atoms with E-state index in [4.69, 9.17) is 11.6 Å². The van der Waals surface area contributed by atoms with Gasteiger partial charge in [0.05, 0.1) is 11.8 Å². The summed E-state index contributed by atoms with van der Waals surface area (Å²) in [6.07, 6.45) is 3.26. The average Bonchev–Trinajstić information content (AvgIpc) is 3.24. The SMILES string of the molecule is Cc1ccc(NC(=O)CCN2C(=O)[C@@H]3[C@@H]4CC[C@H](C4)[C@@H]3C2=O)cc1Cl. The van der Waals surface area contributed by atoms with Gasteiger partial charge in [-0.05, 0) is 55.7 Å². The number of hydrogen-bond donors (Lipinski definition) is 1. The molecule has 0 radical (unpaired) electrons. The van der Waals surface area contributed by atoms with Gasteiger partial charge in [0.2, 0.25) is 17.7 Å². The van der Waals surface area contributed by atoms with Crippen LogP contribution < -0.4 is 5.32 Å². The fourth-order valence-corrected chi connectivity index (χ4v) is 4.98. The van der Waals surface area contributed by atoms with Crippen molar-refractivity contribution in [3.8, 4) is 0 Å². The fourth-order valence-electron chi connectivity index (χ4n) is 4.80. The van der Waals surface area contributed by atoms with Gasteiger partial charge in [0, 0.05) is 23.7 Å². The Morgan fingerprint density at radius 1 is 1.20 bits per heavy atom. The first-order valence-corrected chi connectivity index (χ1v) is 9.24. The first-order valence-electron chi connectivity index (χ1n) is 8.87. The van der Waals surface area contributed by atoms with Crippen molar-refractivity contribution in [2.75, 3.05) is 11.9 Å². The summed E-state index contributed by atoms with van der Waals surface area (Å²) in [5, 5.41) is 3.36. The van der Waals surface area contributed by atoms with Crippen LogP contribution in [-0.2, 0) is 14.4 Å². The van der Waals surface area contributed by atoms with Crippen LogP contribution in [0.4, 0.5) is 5.69 Å². The number of rotatable bonds is 4. The van der Waals surface area contributed by atoms with Crippen molar-refractivity contribution in [3.63, 3.8) is 0 Å². The van der Waals surface area contributed by atoms with Crippen LogP contribution >= 0.6 is 11.6 Å². The summed E-state index contributed by atoms with van der Waals surface area (Å²) in [5.41, 5.74) is 1.56. The zero-order valence-electron chi connectivity index (χ0n) is 14.1. The number of nitrogens with zero attached hydrogens (tertiary/aromatic N) is 1. The third-order valence-electron chi connectivity index (χ3n) is 6.04. The number of amides is 3. The lowest BCUT2D eigenvalue weighted by Gasteiger charge is -2.19. The minimum absolute atomic E-state index is 0.0617. The third kappa shape index (κ3) is 2.74. The van der Waals surface area contributed by atoms with Crippen LogP contribution in [0.25, 0.3) is 0 Å². The third-order valence-corrected chi connectivity index (χ3v) is 6.44. The molecule has 2 saturated carbocycles. The van der Waals surface area contributed by atoms with Gasteiger partial charge in [-0.15, -0.1) is 0 Å². The van der Waals surface area contributed by atoms with Crippen molar-refractivity contribution >= 4 is 35.0 Å². The number of hydrogen-bond acceptors (Lipinski definition) is 3. The number of imide groups is 1. The lowest BCUT2D eigenvalue weighted by molar-refractivity contribution is -0.140. The normalized spacial score (nSPS) is 30.1. The summed E-state index contributed by atoms with van der Waals surface area (Å²) in [7, 11) is 0. The number of carbonyl (C=O) groups is 3. The summed E-state index contributed by atoms with van der Waals surface area (Å²) in [5.74, 6) is 0.165. The standard InChI is InChI=1S/C19H21ClN2O3/c1-10-2-5-13(9-14(10)20)21-15(23)6-7-22-18(24)16-11-3-4-12(8-11)17(16)19(22)25/h2,5,9,11-12,16-17H,3-4,6-8H2,1H3,(H,21,23)/t11-,12-,16-,17+/m1/s1. The van der Waals surface area contributed by atoms with E-state index < -0.39 is 0 Å². The summed E-state index contributed by atoms with van der Waals surface area (Å²) in [6, 6.07) is 5.32. The van der Waals surface area contributed by atoms with Crippen LogP contribution in [0.1, 0.15) is 31.2 Å². The number of halogens is 1. The van der Waals surface area contributed by atoms with E-state index in [2.05, 4.69) is 5.32 Å². The van der Waals surface area contributed by atoms with Crippen LogP contribution in [0.3, 0.4) is 0 Å². The number of anilines is 1. The smallest absolute Gasteiger partial charge is 0.233 e. The first-order chi connectivity index (χ1) is 12.0. The molecular weight excluding hydrogens is 340 g/mol. The van der Waals surface area contributed by atoms with Gasteiger partial charge in [-0.25, -0.2) is 0 Å². The Balaban J connectivity index is 1.36. The highest BCUT2D eigenvalue weighted by Crippen LogP contribution is 2.56. The van der Waals surface area contributed by atoms with Crippen molar-refractivity contribution in [1.29, 1.82) is 0 Å². The number of likely N-dealkylation sites (tertiary alicyclic amines) is 1. The van der Waals surface area contributed by atoms with Gasteiger partial charge in [0.25, 0.3) is 0 Å². The summed E-state index contributed by atoms with van der Waals surface area (Å²) in [6.45, 7) is 2.05. The van der Waals surface area contributed by atoms with Gasteiger partial charge in [-0.3, -0.25) is 19.3 Å². The van der Waals surface area contributed by atoms with Gasteiger partial charge in [0.1, 0.15) is 0 Å². The second-order valence-electron chi connectivity index (χ2n) is 7.48. The quantitative estimate of drug-likeness (QED) is 0.839. The predicted octanol–water partition coefficient (Wildman–Crippen LogP) is 3.01. The van der Waals surface area contributed by atoms with Crippen LogP contribution in [0, 0.1) is 30.6 Å². The second-order valence-corrected chi connectivity index (χ2v) is 7.88. The van der Waals surface area contributed by atoms with Crippen LogP contribution in [0.15, 0.2) is 18.2 Å². The van der Waals surface area contributed by atoms with Crippen molar-refractivity contribution in [2.24, 2.45) is 23.7 Å². The molecule has 132 valence electrons. The number of aryl methyl sites for hydroxylation is 1. The Labute approximate surface area is 151 Å². The first kappa shape index (κ1) is 16.6. The molecule has 0 unspecified atom stereocenters. The zero-order valence-corrected chi connectivity index (χ0v) is 14.9. The van der Waals surface area contributed by atoms with Crippen LogP contribution in [0.5, 0.6) is 0 Å². The molecule has 1 aromatic carbocycles. The fraction of sp³-hybridized carbons (Fsp3) is 0.526. The van der Waals surface area contributed by atoms with E-state index in [9.17, 15) is 14.4 Å². The minimum atomic E-state index is -0.222. The Hall–Kier alpha value is -1.88. The number of carbonyl (C=O) groups excluding carboxylic acids is 3. The summed E-state index contributed by atoms with van der Waals surface area (Å²) >= 11 is 6.06. The van der Waals surface area contributed by atoms with Crippen molar-refractivity contribution < 1.29 is 14.4 Å². The van der Waals surface area contributed by atoms with Crippen molar-refractivity contribution in [3.05, 3.63) is 28.8 Å². The minimum Gasteiger partial charge on any atom is -0.326 e. The Bertz CT molecular complexity index is 735. The van der Waals surface area contributed by atoms with Gasteiger partial charge in [-0.2, -0.15) is 0 Å². The Kier molecular flexibility index (Phi) is 4.07. The summed E-state index contributed by atoms with van der Waals surface area (Å²) < 4.78 is 0. The molecule has 2 bridgehead atoms. The van der Waals surface area contributed by atoms with Crippen molar-refractivity contribution in [1.82, 2.24) is 4.90 Å². The Morgan fingerprint density at radius 3 is 2.44 bits per heavy atom. The number of benzene rings is 1. The van der Waals surface area contributed by atoms with Gasteiger partial charge >= 0.3 is 0 Å². The maximum atomic E-state index is 12.6. The van der Waals surface area contributed by atoms with Crippen LogP contribution in [0.2, 0.25) is 5.02 Å². The highest BCUT2D eigenvalue weighted by molar-refractivity contribution is 6.31. The van der Waals surface area contributed by atoms with Gasteiger partial charge in [0.15, 0.2) is 0 Å². The number of nitrogens with one attached hydrogen (secondary N) is 1.